The molecule has 84 valence electrons. The maximum absolute atomic E-state index is 11.7. The predicted octanol–water partition coefficient (Wildman–Crippen LogP) is 2.01. The van der Waals surface area contributed by atoms with Crippen molar-refractivity contribution in [2.24, 2.45) is 5.92 Å². The summed E-state index contributed by atoms with van der Waals surface area (Å²) >= 11 is 1.15. The molecule has 1 heterocycles. The van der Waals surface area contributed by atoms with Crippen LogP contribution in [0.15, 0.2) is 0 Å². The number of nitrogens with zero attached hydrogens (tertiary/aromatic N) is 2. The van der Waals surface area contributed by atoms with Crippen LogP contribution >= 0.6 is 11.5 Å². The van der Waals surface area contributed by atoms with Gasteiger partial charge in [-0.15, -0.1) is 5.10 Å². The highest BCUT2D eigenvalue weighted by Gasteiger charge is 2.15. The zero-order chi connectivity index (χ0) is 11.4. The number of rotatable bonds is 4. The third-order valence-corrected chi connectivity index (χ3v) is 2.89. The highest BCUT2D eigenvalue weighted by atomic mass is 32.1. The highest BCUT2D eigenvalue weighted by Crippen LogP contribution is 2.10. The molecule has 0 aliphatic rings. The van der Waals surface area contributed by atoms with Crippen molar-refractivity contribution in [3.8, 4) is 0 Å². The lowest BCUT2D eigenvalue weighted by Crippen LogP contribution is -2.33. The molecule has 1 aromatic rings. The van der Waals surface area contributed by atoms with Crippen molar-refractivity contribution in [3.05, 3.63) is 10.6 Å². The number of hydrogen-bond acceptors (Lipinski definition) is 4. The topological polar surface area (TPSA) is 54.9 Å². The van der Waals surface area contributed by atoms with Crippen LogP contribution in [0.2, 0.25) is 0 Å². The molecule has 0 fully saturated rings. The van der Waals surface area contributed by atoms with Gasteiger partial charge in [-0.25, -0.2) is 0 Å². The molecule has 0 spiro atoms. The van der Waals surface area contributed by atoms with Crippen molar-refractivity contribution in [2.75, 3.05) is 0 Å². The van der Waals surface area contributed by atoms with Crippen LogP contribution in [-0.2, 0) is 0 Å². The first-order valence-corrected chi connectivity index (χ1v) is 5.88. The van der Waals surface area contributed by atoms with Crippen molar-refractivity contribution >= 4 is 17.4 Å². The summed E-state index contributed by atoms with van der Waals surface area (Å²) in [6.07, 6.45) is 0.983. The van der Waals surface area contributed by atoms with Gasteiger partial charge < -0.3 is 5.32 Å². The summed E-state index contributed by atoms with van der Waals surface area (Å²) in [5.41, 5.74) is 0.703. The second-order valence-electron chi connectivity index (χ2n) is 4.19. The molecule has 1 atom stereocenters. The normalized spacial score (nSPS) is 12.9. The van der Waals surface area contributed by atoms with Gasteiger partial charge in [0.25, 0.3) is 5.91 Å². The van der Waals surface area contributed by atoms with E-state index >= 15 is 0 Å². The highest BCUT2D eigenvalue weighted by molar-refractivity contribution is 7.07. The molecule has 1 aromatic heterocycles. The Kier molecular flexibility index (Phi) is 4.20. The van der Waals surface area contributed by atoms with Gasteiger partial charge in [0.05, 0.1) is 5.69 Å². The number of carbonyl (C=O) groups excluding carboxylic acids is 1. The summed E-state index contributed by atoms with van der Waals surface area (Å²) in [7, 11) is 0. The van der Waals surface area contributed by atoms with Crippen molar-refractivity contribution < 1.29 is 4.79 Å². The first-order chi connectivity index (χ1) is 7.00. The monoisotopic (exact) mass is 227 g/mol. The molecular formula is C10H17N3OS. The predicted molar refractivity (Wildman–Crippen MR) is 61.0 cm³/mol. The van der Waals surface area contributed by atoms with Gasteiger partial charge in [-0.3, -0.25) is 4.79 Å². The van der Waals surface area contributed by atoms with E-state index in [2.05, 4.69) is 28.8 Å². The second kappa shape index (κ2) is 5.21. The lowest BCUT2D eigenvalue weighted by Gasteiger charge is -2.15. The number of hydrogen-bond donors (Lipinski definition) is 1. The summed E-state index contributed by atoms with van der Waals surface area (Å²) < 4.78 is 3.74. The first kappa shape index (κ1) is 12.1. The molecule has 0 saturated carbocycles. The zero-order valence-corrected chi connectivity index (χ0v) is 10.4. The van der Waals surface area contributed by atoms with Gasteiger partial charge >= 0.3 is 0 Å². The number of aromatic nitrogens is 2. The second-order valence-corrected chi connectivity index (χ2v) is 4.95. The molecule has 0 aliphatic carbocycles. The van der Waals surface area contributed by atoms with Gasteiger partial charge in [0.15, 0.2) is 0 Å². The Bertz CT molecular complexity index is 335. The van der Waals surface area contributed by atoms with Crippen LogP contribution in [0.4, 0.5) is 0 Å². The summed E-state index contributed by atoms with van der Waals surface area (Å²) in [6.45, 7) is 8.09. The fourth-order valence-corrected chi connectivity index (χ4v) is 2.05. The molecule has 1 unspecified atom stereocenters. The van der Waals surface area contributed by atoms with Crippen LogP contribution in [-0.4, -0.2) is 21.5 Å². The Morgan fingerprint density at radius 2 is 2.13 bits per heavy atom. The van der Waals surface area contributed by atoms with Crippen LogP contribution in [0.5, 0.6) is 0 Å². The fourth-order valence-electron chi connectivity index (χ4n) is 1.50. The molecule has 4 nitrogen and oxygen atoms in total. The van der Waals surface area contributed by atoms with Crippen molar-refractivity contribution in [1.82, 2.24) is 14.9 Å². The van der Waals surface area contributed by atoms with E-state index in [1.165, 1.54) is 0 Å². The molecule has 5 heteroatoms. The Labute approximate surface area is 94.3 Å². The van der Waals surface area contributed by atoms with Crippen molar-refractivity contribution in [1.29, 1.82) is 0 Å². The average Bonchev–Trinajstić information content (AvgIpc) is 2.49. The number of amides is 1. The Hall–Kier alpha value is -0.970. The fraction of sp³-hybridized carbons (Fsp3) is 0.700. The van der Waals surface area contributed by atoms with E-state index in [1.54, 1.807) is 6.92 Å². The quantitative estimate of drug-likeness (QED) is 0.856. The summed E-state index contributed by atoms with van der Waals surface area (Å²) in [6, 6.07) is 0.194. The molecule has 0 aliphatic heterocycles. The Morgan fingerprint density at radius 3 is 2.60 bits per heavy atom. The molecule has 0 bridgehead atoms. The first-order valence-electron chi connectivity index (χ1n) is 5.10. The SMILES string of the molecule is Cc1nnsc1C(=O)NC(C)CC(C)C. The van der Waals surface area contributed by atoms with E-state index in [1.807, 2.05) is 6.92 Å². The summed E-state index contributed by atoms with van der Waals surface area (Å²) in [4.78, 5) is 12.4. The van der Waals surface area contributed by atoms with Gasteiger partial charge in [0.1, 0.15) is 4.88 Å². The Morgan fingerprint density at radius 1 is 1.47 bits per heavy atom. The van der Waals surface area contributed by atoms with E-state index in [0.717, 1.165) is 18.0 Å². The van der Waals surface area contributed by atoms with Crippen LogP contribution in [0.25, 0.3) is 0 Å². The average molecular weight is 227 g/mol. The van der Waals surface area contributed by atoms with Gasteiger partial charge in [0.2, 0.25) is 0 Å². The maximum Gasteiger partial charge on any atom is 0.265 e. The molecule has 0 radical (unpaired) electrons. The van der Waals surface area contributed by atoms with Crippen LogP contribution < -0.4 is 5.32 Å². The van der Waals surface area contributed by atoms with Gasteiger partial charge in [0, 0.05) is 6.04 Å². The van der Waals surface area contributed by atoms with E-state index in [0.29, 0.717) is 16.5 Å². The minimum atomic E-state index is -0.0596. The third kappa shape index (κ3) is 3.58. The number of aryl methyl sites for hydroxylation is 1. The number of nitrogens with one attached hydrogen (secondary N) is 1. The van der Waals surface area contributed by atoms with Crippen molar-refractivity contribution in [3.63, 3.8) is 0 Å². The van der Waals surface area contributed by atoms with Gasteiger partial charge in [-0.2, -0.15) is 0 Å². The van der Waals surface area contributed by atoms with Crippen LogP contribution in [0, 0.1) is 12.8 Å². The summed E-state index contributed by atoms with van der Waals surface area (Å²) in [5, 5.41) is 6.76. The standard InChI is InChI=1S/C10H17N3OS/c1-6(2)5-7(3)11-10(14)9-8(4)12-13-15-9/h6-7H,5H2,1-4H3,(H,11,14). The smallest absolute Gasteiger partial charge is 0.265 e. The minimum Gasteiger partial charge on any atom is -0.349 e. The van der Waals surface area contributed by atoms with Crippen LogP contribution in [0.3, 0.4) is 0 Å². The molecule has 0 aromatic carbocycles. The number of carbonyl (C=O) groups is 1. The zero-order valence-electron chi connectivity index (χ0n) is 9.57. The molecule has 15 heavy (non-hydrogen) atoms. The lowest BCUT2D eigenvalue weighted by atomic mass is 10.1. The minimum absolute atomic E-state index is 0.0596. The molecule has 1 amide bonds. The molecular weight excluding hydrogens is 210 g/mol. The van der Waals surface area contributed by atoms with Gasteiger partial charge in [-0.05, 0) is 37.7 Å². The molecule has 1 N–H and O–H groups in total. The third-order valence-electron chi connectivity index (χ3n) is 2.06. The Balaban J connectivity index is 2.53. The lowest BCUT2D eigenvalue weighted by molar-refractivity contribution is 0.0939. The van der Waals surface area contributed by atoms with Crippen LogP contribution in [0.1, 0.15) is 42.6 Å². The van der Waals surface area contributed by atoms with Crippen molar-refractivity contribution in [2.45, 2.75) is 40.2 Å². The molecule has 1 rings (SSSR count). The maximum atomic E-state index is 11.7. The van der Waals surface area contributed by atoms with E-state index < -0.39 is 0 Å². The van der Waals surface area contributed by atoms with E-state index in [-0.39, 0.29) is 11.9 Å². The van der Waals surface area contributed by atoms with E-state index in [9.17, 15) is 4.79 Å². The van der Waals surface area contributed by atoms with E-state index in [4.69, 9.17) is 0 Å². The molecule has 0 saturated heterocycles. The van der Waals surface area contributed by atoms with Gasteiger partial charge in [-0.1, -0.05) is 18.3 Å². The largest absolute Gasteiger partial charge is 0.349 e. The summed E-state index contributed by atoms with van der Waals surface area (Å²) in [5.74, 6) is 0.525.